The second-order valence-electron chi connectivity index (χ2n) is 4.78. The molecule has 5 heteroatoms. The Morgan fingerprint density at radius 2 is 2.09 bits per heavy atom. The number of carbonyl (C=O) groups excluding carboxylic acids is 2. The van der Waals surface area contributed by atoms with Crippen LogP contribution in [0.3, 0.4) is 0 Å². The Morgan fingerprint density at radius 3 is 2.82 bits per heavy atom. The Kier molecular flexibility index (Phi) is 4.06. The number of pyridine rings is 1. The summed E-state index contributed by atoms with van der Waals surface area (Å²) in [6.45, 7) is 2.00. The van der Waals surface area contributed by atoms with Crippen molar-refractivity contribution in [1.29, 1.82) is 0 Å². The van der Waals surface area contributed by atoms with E-state index in [0.29, 0.717) is 5.69 Å². The molecule has 0 aliphatic rings. The van der Waals surface area contributed by atoms with Gasteiger partial charge >= 0.3 is 5.97 Å². The van der Waals surface area contributed by atoms with Crippen molar-refractivity contribution >= 4 is 28.6 Å². The number of rotatable bonds is 5. The lowest BCUT2D eigenvalue weighted by atomic mass is 10.1. The van der Waals surface area contributed by atoms with Crippen LogP contribution in [0.1, 0.15) is 23.8 Å². The van der Waals surface area contributed by atoms with E-state index in [-0.39, 0.29) is 18.8 Å². The number of nitrogens with zero attached hydrogens (tertiary/aromatic N) is 1. The minimum absolute atomic E-state index is 0.229. The minimum Gasteiger partial charge on any atom is -0.466 e. The average Bonchev–Trinajstić information content (AvgIpc) is 3.14. The van der Waals surface area contributed by atoms with E-state index in [0.717, 1.165) is 16.0 Å². The van der Waals surface area contributed by atoms with Gasteiger partial charge in [-0.1, -0.05) is 12.1 Å². The van der Waals surface area contributed by atoms with E-state index in [4.69, 9.17) is 4.74 Å². The maximum atomic E-state index is 12.6. The van der Waals surface area contributed by atoms with Crippen LogP contribution in [0, 0.1) is 0 Å². The summed E-state index contributed by atoms with van der Waals surface area (Å²) in [5.74, 6) is -0.719. The highest BCUT2D eigenvalue weighted by Gasteiger charge is 2.21. The molecule has 3 heterocycles. The number of Topliss-reactive ketones (excluding diaryl/α,β-unsaturated/α-hetero) is 1. The predicted octanol–water partition coefficient (Wildman–Crippen LogP) is 3.80. The Hall–Kier alpha value is -2.40. The number of aromatic nitrogens is 1. The molecule has 112 valence electrons. The number of thiophene rings is 1. The van der Waals surface area contributed by atoms with Crippen molar-refractivity contribution in [2.45, 2.75) is 13.3 Å². The molecular formula is C17H15NO3S. The minimum atomic E-state index is -0.490. The van der Waals surface area contributed by atoms with Gasteiger partial charge in [-0.3, -0.25) is 9.59 Å². The zero-order valence-corrected chi connectivity index (χ0v) is 12.9. The summed E-state index contributed by atoms with van der Waals surface area (Å²) >= 11 is 1.57. The number of hydrogen-bond donors (Lipinski definition) is 0. The van der Waals surface area contributed by atoms with E-state index in [9.17, 15) is 9.59 Å². The van der Waals surface area contributed by atoms with E-state index in [1.54, 1.807) is 18.3 Å². The molecule has 0 aliphatic heterocycles. The van der Waals surface area contributed by atoms with Crippen molar-refractivity contribution in [3.63, 3.8) is 0 Å². The molecule has 0 N–H and O–H groups in total. The third-order valence-corrected chi connectivity index (χ3v) is 4.24. The van der Waals surface area contributed by atoms with E-state index in [1.165, 1.54) is 0 Å². The molecular weight excluding hydrogens is 298 g/mol. The molecule has 0 saturated heterocycles. The SMILES string of the molecule is CCOC(=O)CC(=O)c1c(-c2cccs2)cc2ccccn12. The molecule has 0 aliphatic carbocycles. The van der Waals surface area contributed by atoms with Gasteiger partial charge in [0.2, 0.25) is 0 Å². The van der Waals surface area contributed by atoms with Crippen LogP contribution < -0.4 is 0 Å². The van der Waals surface area contributed by atoms with Crippen LogP contribution in [0.5, 0.6) is 0 Å². The van der Waals surface area contributed by atoms with E-state index < -0.39 is 5.97 Å². The third kappa shape index (κ3) is 2.67. The Morgan fingerprint density at radius 1 is 1.23 bits per heavy atom. The summed E-state index contributed by atoms with van der Waals surface area (Å²) in [5, 5.41) is 1.97. The number of ketones is 1. The molecule has 0 aromatic carbocycles. The van der Waals surface area contributed by atoms with Gasteiger partial charge in [0.25, 0.3) is 0 Å². The second kappa shape index (κ2) is 6.15. The molecule has 0 atom stereocenters. The largest absolute Gasteiger partial charge is 0.466 e. The number of carbonyl (C=O) groups is 2. The van der Waals surface area contributed by atoms with Gasteiger partial charge in [0, 0.05) is 22.2 Å². The lowest BCUT2D eigenvalue weighted by Gasteiger charge is -2.05. The number of esters is 1. The van der Waals surface area contributed by atoms with E-state index in [2.05, 4.69) is 0 Å². The van der Waals surface area contributed by atoms with Crippen LogP contribution >= 0.6 is 11.3 Å². The summed E-state index contributed by atoms with van der Waals surface area (Å²) in [5.41, 5.74) is 2.32. The van der Waals surface area contributed by atoms with Gasteiger partial charge in [-0.25, -0.2) is 0 Å². The van der Waals surface area contributed by atoms with Gasteiger partial charge < -0.3 is 9.14 Å². The summed E-state index contributed by atoms with van der Waals surface area (Å²) in [6, 6.07) is 11.6. The van der Waals surface area contributed by atoms with Gasteiger partial charge in [-0.05, 0) is 36.6 Å². The molecule has 4 nitrogen and oxygen atoms in total. The fourth-order valence-corrected chi connectivity index (χ4v) is 3.20. The Bertz CT molecular complexity index is 818. The fraction of sp³-hybridized carbons (Fsp3) is 0.176. The first-order valence-corrected chi connectivity index (χ1v) is 7.91. The average molecular weight is 313 g/mol. The van der Waals surface area contributed by atoms with Crippen molar-refractivity contribution in [2.24, 2.45) is 0 Å². The normalized spacial score (nSPS) is 10.8. The fourth-order valence-electron chi connectivity index (χ4n) is 2.45. The van der Waals surface area contributed by atoms with Gasteiger partial charge in [-0.15, -0.1) is 11.3 Å². The van der Waals surface area contributed by atoms with Crippen molar-refractivity contribution < 1.29 is 14.3 Å². The molecule has 0 bridgehead atoms. The quantitative estimate of drug-likeness (QED) is 0.409. The highest BCUT2D eigenvalue weighted by atomic mass is 32.1. The molecule has 0 amide bonds. The van der Waals surface area contributed by atoms with Crippen LogP contribution in [0.4, 0.5) is 0 Å². The third-order valence-electron chi connectivity index (χ3n) is 3.34. The predicted molar refractivity (Wildman–Crippen MR) is 86.3 cm³/mol. The van der Waals surface area contributed by atoms with E-state index >= 15 is 0 Å². The van der Waals surface area contributed by atoms with Crippen LogP contribution in [0.15, 0.2) is 48.0 Å². The van der Waals surface area contributed by atoms with Crippen LogP contribution in [-0.4, -0.2) is 22.8 Å². The number of hydrogen-bond acceptors (Lipinski definition) is 4. The summed E-state index contributed by atoms with van der Waals surface area (Å²) < 4.78 is 6.72. The van der Waals surface area contributed by atoms with Crippen molar-refractivity contribution in [1.82, 2.24) is 4.40 Å². The molecule has 0 fully saturated rings. The van der Waals surface area contributed by atoms with Gasteiger partial charge in [0.05, 0.1) is 12.3 Å². The lowest BCUT2D eigenvalue weighted by Crippen LogP contribution is -2.13. The van der Waals surface area contributed by atoms with Gasteiger partial charge in [-0.2, -0.15) is 0 Å². The molecule has 22 heavy (non-hydrogen) atoms. The number of fused-ring (bicyclic) bond motifs is 1. The first-order chi connectivity index (χ1) is 10.7. The number of ether oxygens (including phenoxy) is 1. The van der Waals surface area contributed by atoms with Crippen molar-refractivity contribution in [3.8, 4) is 10.4 Å². The molecule has 0 unspecified atom stereocenters. The molecule has 0 saturated carbocycles. The van der Waals surface area contributed by atoms with Gasteiger partial charge in [0.1, 0.15) is 6.42 Å². The molecule has 3 rings (SSSR count). The van der Waals surface area contributed by atoms with Crippen molar-refractivity contribution in [2.75, 3.05) is 6.61 Å². The van der Waals surface area contributed by atoms with Crippen molar-refractivity contribution in [3.05, 3.63) is 53.7 Å². The monoisotopic (exact) mass is 313 g/mol. The van der Waals surface area contributed by atoms with Gasteiger partial charge in [0.15, 0.2) is 5.78 Å². The topological polar surface area (TPSA) is 47.8 Å². The maximum absolute atomic E-state index is 12.6. The van der Waals surface area contributed by atoms with E-state index in [1.807, 2.05) is 52.4 Å². The maximum Gasteiger partial charge on any atom is 0.313 e. The van der Waals surface area contributed by atoms with Crippen LogP contribution in [0.25, 0.3) is 16.0 Å². The summed E-state index contributed by atoms with van der Waals surface area (Å²) in [7, 11) is 0. The molecule has 0 spiro atoms. The summed E-state index contributed by atoms with van der Waals surface area (Å²) in [4.78, 5) is 25.2. The standard InChI is InChI=1S/C17H15NO3S/c1-2-21-16(20)11-14(19)17-13(15-7-5-9-22-15)10-12-6-3-4-8-18(12)17/h3-10H,2,11H2,1H3. The highest BCUT2D eigenvalue weighted by molar-refractivity contribution is 7.13. The summed E-state index contributed by atoms with van der Waals surface area (Å²) in [6.07, 6.45) is 1.60. The molecule has 0 radical (unpaired) electrons. The Labute approximate surface area is 132 Å². The van der Waals surface area contributed by atoms with Crippen LogP contribution in [-0.2, 0) is 9.53 Å². The second-order valence-corrected chi connectivity index (χ2v) is 5.73. The first-order valence-electron chi connectivity index (χ1n) is 7.03. The zero-order valence-electron chi connectivity index (χ0n) is 12.1. The first kappa shape index (κ1) is 14.5. The molecule has 3 aromatic heterocycles. The highest BCUT2D eigenvalue weighted by Crippen LogP contribution is 2.32. The van der Waals surface area contributed by atoms with Crippen LogP contribution in [0.2, 0.25) is 0 Å². The zero-order chi connectivity index (χ0) is 15.5. The Balaban J connectivity index is 2.08. The smallest absolute Gasteiger partial charge is 0.313 e. The lowest BCUT2D eigenvalue weighted by molar-refractivity contribution is -0.141. The molecule has 3 aromatic rings.